The zero-order valence-corrected chi connectivity index (χ0v) is 14.3. The number of aryl methyl sites for hydroxylation is 1. The van der Waals surface area contributed by atoms with Gasteiger partial charge in [0.15, 0.2) is 0 Å². The molecule has 128 valence electrons. The van der Waals surface area contributed by atoms with Crippen LogP contribution in [0.2, 0.25) is 0 Å². The largest absolute Gasteiger partial charge is 0.356 e. The number of H-pyrrole nitrogens is 1. The standard InChI is InChI=1S/C20H20N2O3/c1-14-8-9-18-17(11-14)19(23)21-20(24)22(18)13-25-12-15(2)10-16-6-4-3-5-7-16/h3-11H,12-13H2,1-2H3,(H,21,23,24). The first kappa shape index (κ1) is 16.9. The molecule has 0 spiro atoms. The average molecular weight is 336 g/mol. The van der Waals surface area contributed by atoms with Crippen molar-refractivity contribution in [2.45, 2.75) is 20.6 Å². The first-order chi connectivity index (χ1) is 12.0. The third-order valence-electron chi connectivity index (χ3n) is 3.92. The van der Waals surface area contributed by atoms with Crippen molar-refractivity contribution in [3.8, 4) is 0 Å². The highest BCUT2D eigenvalue weighted by atomic mass is 16.5. The summed E-state index contributed by atoms with van der Waals surface area (Å²) in [5.41, 5.74) is 2.84. The molecule has 0 fully saturated rings. The van der Waals surface area contributed by atoms with Crippen LogP contribution in [0.3, 0.4) is 0 Å². The highest BCUT2D eigenvalue weighted by Crippen LogP contribution is 2.11. The molecule has 0 saturated carbocycles. The van der Waals surface area contributed by atoms with Crippen molar-refractivity contribution in [2.75, 3.05) is 6.61 Å². The third kappa shape index (κ3) is 3.95. The molecule has 0 amide bonds. The second-order valence-electron chi connectivity index (χ2n) is 6.09. The lowest BCUT2D eigenvalue weighted by Crippen LogP contribution is -2.31. The molecule has 0 aliphatic heterocycles. The van der Waals surface area contributed by atoms with Crippen LogP contribution in [0.25, 0.3) is 17.0 Å². The number of nitrogens with zero attached hydrogens (tertiary/aromatic N) is 1. The molecule has 0 radical (unpaired) electrons. The molecule has 0 unspecified atom stereocenters. The lowest BCUT2D eigenvalue weighted by Gasteiger charge is -2.11. The van der Waals surface area contributed by atoms with Gasteiger partial charge in [0, 0.05) is 0 Å². The van der Waals surface area contributed by atoms with E-state index in [9.17, 15) is 9.59 Å². The summed E-state index contributed by atoms with van der Waals surface area (Å²) >= 11 is 0. The van der Waals surface area contributed by atoms with Gasteiger partial charge in [-0.1, -0.05) is 48.0 Å². The zero-order valence-electron chi connectivity index (χ0n) is 14.3. The summed E-state index contributed by atoms with van der Waals surface area (Å²) in [5, 5.41) is 0.486. The molecule has 25 heavy (non-hydrogen) atoms. The summed E-state index contributed by atoms with van der Waals surface area (Å²) in [4.78, 5) is 26.4. The van der Waals surface area contributed by atoms with Crippen molar-refractivity contribution in [2.24, 2.45) is 0 Å². The van der Waals surface area contributed by atoms with Gasteiger partial charge in [-0.15, -0.1) is 0 Å². The normalized spacial score (nSPS) is 11.8. The van der Waals surface area contributed by atoms with E-state index in [1.807, 2.05) is 56.3 Å². The number of fused-ring (bicyclic) bond motifs is 1. The summed E-state index contributed by atoms with van der Waals surface area (Å²) in [6.07, 6.45) is 2.04. The lowest BCUT2D eigenvalue weighted by atomic mass is 10.1. The van der Waals surface area contributed by atoms with E-state index in [-0.39, 0.29) is 12.3 Å². The van der Waals surface area contributed by atoms with Crippen LogP contribution in [0.15, 0.2) is 63.7 Å². The Morgan fingerprint density at radius 3 is 2.68 bits per heavy atom. The molecule has 1 N–H and O–H groups in total. The lowest BCUT2D eigenvalue weighted by molar-refractivity contribution is 0.0952. The summed E-state index contributed by atoms with van der Waals surface area (Å²) in [6.45, 7) is 4.36. The van der Waals surface area contributed by atoms with Gasteiger partial charge in [0.25, 0.3) is 5.56 Å². The first-order valence-corrected chi connectivity index (χ1v) is 8.08. The van der Waals surface area contributed by atoms with Gasteiger partial charge in [-0.3, -0.25) is 14.3 Å². The fraction of sp³-hybridized carbons (Fsp3) is 0.200. The third-order valence-corrected chi connectivity index (χ3v) is 3.92. The van der Waals surface area contributed by atoms with Gasteiger partial charge in [-0.05, 0) is 37.1 Å². The predicted molar refractivity (Wildman–Crippen MR) is 99.6 cm³/mol. The number of rotatable bonds is 5. The Balaban J connectivity index is 1.79. The summed E-state index contributed by atoms with van der Waals surface area (Å²) < 4.78 is 7.12. The van der Waals surface area contributed by atoms with Crippen molar-refractivity contribution in [1.29, 1.82) is 0 Å². The maximum atomic E-state index is 12.1. The molecular weight excluding hydrogens is 316 g/mol. The predicted octanol–water partition coefficient (Wildman–Crippen LogP) is 3.08. The topological polar surface area (TPSA) is 64.1 Å². The highest BCUT2D eigenvalue weighted by molar-refractivity contribution is 5.78. The van der Waals surface area contributed by atoms with Crippen LogP contribution in [0.4, 0.5) is 0 Å². The smallest absolute Gasteiger partial charge is 0.330 e. The molecule has 0 atom stereocenters. The molecule has 0 saturated heterocycles. The van der Waals surface area contributed by atoms with Crippen LogP contribution in [0, 0.1) is 6.92 Å². The maximum absolute atomic E-state index is 12.1. The minimum atomic E-state index is -0.467. The van der Waals surface area contributed by atoms with Crippen LogP contribution >= 0.6 is 0 Å². The van der Waals surface area contributed by atoms with Crippen LogP contribution in [-0.4, -0.2) is 16.2 Å². The number of hydrogen-bond donors (Lipinski definition) is 1. The van der Waals surface area contributed by atoms with E-state index in [4.69, 9.17) is 4.74 Å². The van der Waals surface area contributed by atoms with Gasteiger partial charge in [-0.25, -0.2) is 4.79 Å². The van der Waals surface area contributed by atoms with Crippen molar-refractivity contribution >= 4 is 17.0 Å². The van der Waals surface area contributed by atoms with Crippen LogP contribution < -0.4 is 11.2 Å². The number of nitrogens with one attached hydrogen (secondary N) is 1. The minimum absolute atomic E-state index is 0.0785. The maximum Gasteiger partial charge on any atom is 0.330 e. The molecule has 0 aliphatic carbocycles. The van der Waals surface area contributed by atoms with E-state index in [0.717, 1.165) is 16.7 Å². The van der Waals surface area contributed by atoms with Gasteiger partial charge in [-0.2, -0.15) is 0 Å². The molecule has 1 aromatic heterocycles. The van der Waals surface area contributed by atoms with E-state index < -0.39 is 5.69 Å². The number of aromatic nitrogens is 2. The summed E-state index contributed by atoms with van der Waals surface area (Å²) in [5.74, 6) is 0. The second kappa shape index (κ2) is 7.32. The highest BCUT2D eigenvalue weighted by Gasteiger charge is 2.07. The zero-order chi connectivity index (χ0) is 17.8. The van der Waals surface area contributed by atoms with Crippen LogP contribution in [0.5, 0.6) is 0 Å². The van der Waals surface area contributed by atoms with E-state index in [1.165, 1.54) is 4.57 Å². The number of benzene rings is 2. The molecule has 5 nitrogen and oxygen atoms in total. The molecule has 0 aliphatic rings. The molecule has 5 heteroatoms. The molecule has 3 rings (SSSR count). The summed E-state index contributed by atoms with van der Waals surface area (Å²) in [6, 6.07) is 15.4. The van der Waals surface area contributed by atoms with Crippen LogP contribution in [0.1, 0.15) is 18.1 Å². The van der Waals surface area contributed by atoms with E-state index >= 15 is 0 Å². The summed E-state index contributed by atoms with van der Waals surface area (Å²) in [7, 11) is 0. The molecule has 0 bridgehead atoms. The number of hydrogen-bond acceptors (Lipinski definition) is 3. The van der Waals surface area contributed by atoms with Crippen molar-refractivity contribution in [3.05, 3.63) is 86.1 Å². The molecular formula is C20H20N2O3. The number of ether oxygens (including phenoxy) is 1. The first-order valence-electron chi connectivity index (χ1n) is 8.08. The second-order valence-corrected chi connectivity index (χ2v) is 6.09. The fourth-order valence-corrected chi connectivity index (χ4v) is 2.71. The van der Waals surface area contributed by atoms with Crippen molar-refractivity contribution in [1.82, 2.24) is 9.55 Å². The van der Waals surface area contributed by atoms with Gasteiger partial charge >= 0.3 is 5.69 Å². The van der Waals surface area contributed by atoms with Gasteiger partial charge in [0.05, 0.1) is 17.5 Å². The van der Waals surface area contributed by atoms with Crippen LogP contribution in [-0.2, 0) is 11.5 Å². The molecule has 2 aromatic carbocycles. The Morgan fingerprint density at radius 1 is 1.16 bits per heavy atom. The van der Waals surface area contributed by atoms with Crippen molar-refractivity contribution in [3.63, 3.8) is 0 Å². The van der Waals surface area contributed by atoms with Gasteiger partial charge < -0.3 is 4.74 Å². The Bertz CT molecular complexity index is 1030. The fourth-order valence-electron chi connectivity index (χ4n) is 2.71. The monoisotopic (exact) mass is 336 g/mol. The van der Waals surface area contributed by atoms with E-state index in [2.05, 4.69) is 4.98 Å². The molecule has 1 heterocycles. The van der Waals surface area contributed by atoms with Crippen molar-refractivity contribution < 1.29 is 4.74 Å². The Hall–Kier alpha value is -2.92. The Morgan fingerprint density at radius 2 is 1.92 bits per heavy atom. The Kier molecular flexibility index (Phi) is 4.95. The quantitative estimate of drug-likeness (QED) is 0.779. The molecule has 3 aromatic rings. The number of aromatic amines is 1. The Labute approximate surface area is 145 Å². The van der Waals surface area contributed by atoms with E-state index in [1.54, 1.807) is 12.1 Å². The van der Waals surface area contributed by atoms with E-state index in [0.29, 0.717) is 17.5 Å². The SMILES string of the molecule is CC(=Cc1ccccc1)COCn1c(=O)[nH]c(=O)c2cc(C)ccc21. The van der Waals surface area contributed by atoms with Gasteiger partial charge in [0.2, 0.25) is 0 Å². The average Bonchev–Trinajstić information content (AvgIpc) is 2.59. The minimum Gasteiger partial charge on any atom is -0.356 e. The van der Waals surface area contributed by atoms with Gasteiger partial charge in [0.1, 0.15) is 6.73 Å².